The molecule has 460 valence electrons. The highest BCUT2D eigenvalue weighted by atomic mass is 35.5. The lowest BCUT2D eigenvalue weighted by Crippen LogP contribution is -2.24. The van der Waals surface area contributed by atoms with Gasteiger partial charge in [-0.2, -0.15) is 8.42 Å². The quantitative estimate of drug-likeness (QED) is 0.0176. The Labute approximate surface area is 485 Å². The molecular weight excluding hydrogens is 1100 g/mol. The minimum Gasteiger partial charge on any atom is -0.484 e. The molecule has 0 unspecified atom stereocenters. The van der Waals surface area contributed by atoms with Crippen molar-refractivity contribution in [1.29, 1.82) is 0 Å². The van der Waals surface area contributed by atoms with E-state index in [0.717, 1.165) is 96.1 Å². The van der Waals surface area contributed by atoms with E-state index in [-0.39, 0.29) is 43.1 Å². The first kappa shape index (κ1) is 85.7. The van der Waals surface area contributed by atoms with Crippen molar-refractivity contribution in [2.24, 2.45) is 28.7 Å². The van der Waals surface area contributed by atoms with Crippen LogP contribution in [0, 0.1) is 6.92 Å². The molecule has 80 heavy (non-hydrogen) atoms. The average molecular weight is 1200 g/mol. The van der Waals surface area contributed by atoms with Gasteiger partial charge in [-0.1, -0.05) is 42.0 Å². The van der Waals surface area contributed by atoms with Crippen LogP contribution < -0.4 is 58.8 Å². The molecule has 26 heteroatoms. The molecule has 0 aliphatic carbocycles. The molecule has 0 heterocycles. The third-order valence-corrected chi connectivity index (χ3v) is 10.2. The summed E-state index contributed by atoms with van der Waals surface area (Å²) in [6, 6.07) is 27.0. The van der Waals surface area contributed by atoms with Crippen molar-refractivity contribution in [3.8, 4) is 17.2 Å². The van der Waals surface area contributed by atoms with Gasteiger partial charge < -0.3 is 83.6 Å². The second-order valence-corrected chi connectivity index (χ2v) is 16.4. The van der Waals surface area contributed by atoms with Gasteiger partial charge in [0.1, 0.15) is 23.5 Å². The number of hydrogen-bond acceptors (Lipinski definition) is 20. The van der Waals surface area contributed by atoms with Gasteiger partial charge >= 0.3 is 5.97 Å². The highest BCUT2D eigenvalue weighted by Crippen LogP contribution is 2.15. The Hall–Kier alpha value is -5.55. The fourth-order valence-corrected chi connectivity index (χ4v) is 5.35. The third-order valence-electron chi connectivity index (χ3n) is 8.58. The SMILES string of the molecule is CCl.CN.CN.CNC(=O)COc1ccc(CCl)cc1.CNC(=O)COc1ccc(CO)cc1.CNCCCOCCCN.CO.COS(=O)(=O)c1ccc(C)cc1.NCCCOCCCN.O=Cc1ccc(OCC(=O)O)cc1. The van der Waals surface area contributed by atoms with E-state index in [1.54, 1.807) is 86.9 Å². The fourth-order valence-electron chi connectivity index (χ4n) is 4.51. The Balaban J connectivity index is -0.000000201. The molecule has 0 aliphatic heterocycles. The molecule has 2 amide bonds. The summed E-state index contributed by atoms with van der Waals surface area (Å²) in [5.41, 5.74) is 28.1. The Morgan fingerprint density at radius 3 is 1.27 bits per heavy atom. The van der Waals surface area contributed by atoms with Crippen molar-refractivity contribution in [3.63, 3.8) is 0 Å². The number of nitrogens with two attached hydrogens (primary N) is 5. The van der Waals surface area contributed by atoms with E-state index in [4.69, 9.17) is 67.8 Å². The molecule has 0 saturated heterocycles. The number of aliphatic hydroxyl groups is 2. The second kappa shape index (κ2) is 66.0. The van der Waals surface area contributed by atoms with Gasteiger partial charge in [0.15, 0.2) is 19.8 Å². The molecule has 0 saturated carbocycles. The Kier molecular flexibility index (Phi) is 70.7. The number of amides is 2. The minimum atomic E-state index is -3.51. The fraction of sp³-hybridized carbons (Fsp3) is 0.481. The van der Waals surface area contributed by atoms with Crippen LogP contribution in [-0.2, 0) is 50.6 Å². The Morgan fingerprint density at radius 2 is 0.963 bits per heavy atom. The molecule has 4 rings (SSSR count). The van der Waals surface area contributed by atoms with Gasteiger partial charge in [-0.25, -0.2) is 4.79 Å². The van der Waals surface area contributed by atoms with Gasteiger partial charge in [-0.3, -0.25) is 18.6 Å². The van der Waals surface area contributed by atoms with Crippen LogP contribution >= 0.6 is 23.2 Å². The van der Waals surface area contributed by atoms with Crippen molar-refractivity contribution in [2.45, 2.75) is 50.0 Å². The summed E-state index contributed by atoms with van der Waals surface area (Å²) in [7, 11) is 6.71. The van der Waals surface area contributed by atoms with Gasteiger partial charge in [-0.15, -0.1) is 23.2 Å². The van der Waals surface area contributed by atoms with Crippen LogP contribution in [0.5, 0.6) is 17.2 Å². The average Bonchev–Trinajstić information content (AvgIpc) is 3.51. The van der Waals surface area contributed by atoms with Crippen molar-refractivity contribution >= 4 is 57.4 Å². The topological polar surface area (TPSA) is 385 Å². The Morgan fingerprint density at radius 1 is 0.600 bits per heavy atom. The summed E-state index contributed by atoms with van der Waals surface area (Å²) in [5, 5.41) is 32.1. The van der Waals surface area contributed by atoms with E-state index >= 15 is 0 Å². The lowest BCUT2D eigenvalue weighted by atomic mass is 10.2. The van der Waals surface area contributed by atoms with E-state index in [1.165, 1.54) is 32.6 Å². The maximum absolute atomic E-state index is 11.1. The number of carbonyl (C=O) groups is 4. The van der Waals surface area contributed by atoms with Crippen molar-refractivity contribution in [2.75, 3.05) is 128 Å². The molecule has 0 spiro atoms. The lowest BCUT2D eigenvalue weighted by Gasteiger charge is -2.05. The number of likely N-dealkylation sites (N-methyl/N-ethyl adjacent to an activating group) is 2. The molecule has 4 aromatic rings. The standard InChI is InChI=1S/C10H12ClNO2.C10H13NO3.C9H8O4.C8H10O3S.C7H18N2O.C6H16N2O.CH3Cl.2CH5N.CH4O/c1-12-10(13)7-14-9-4-2-8(6-11)3-5-9;1-11-10(13)7-14-9-4-2-8(6-12)3-5-9;10-5-7-1-3-8(4-2-7)13-6-9(11)12;1-7-3-5-8(6-4-7)12(9,10)11-2;1-9-5-3-7-10-6-2-4-8;7-3-1-5-9-6-2-4-8;4*1-2/h2-5H,6-7H2,1H3,(H,12,13);2-5,12H,6-7H2,1H3,(H,11,13);1-5H,6H2,(H,11,12);3-6H,1-2H3;9H,2-8H2,1H3;1-8H2;1H3;2*2H2,1H3;2H,1H3. The molecule has 0 atom stereocenters. The lowest BCUT2D eigenvalue weighted by molar-refractivity contribution is -0.139. The minimum absolute atomic E-state index is 0.00890. The first-order valence-corrected chi connectivity index (χ1v) is 27.5. The van der Waals surface area contributed by atoms with Crippen LogP contribution in [0.1, 0.15) is 52.7 Å². The zero-order valence-corrected chi connectivity index (χ0v) is 50.5. The number of carbonyl (C=O) groups excluding carboxylic acids is 3. The van der Waals surface area contributed by atoms with E-state index in [0.29, 0.717) is 48.1 Å². The number of ether oxygens (including phenoxy) is 5. The first-order chi connectivity index (χ1) is 38.6. The van der Waals surface area contributed by atoms with E-state index in [2.05, 4.69) is 43.2 Å². The molecule has 16 N–H and O–H groups in total. The number of alkyl halides is 2. The van der Waals surface area contributed by atoms with Gasteiger partial charge in [0, 0.05) is 65.5 Å². The molecule has 4 aromatic carbocycles. The molecule has 0 aliphatic rings. The zero-order valence-electron chi connectivity index (χ0n) is 48.1. The van der Waals surface area contributed by atoms with Gasteiger partial charge in [0.2, 0.25) is 0 Å². The summed E-state index contributed by atoms with van der Waals surface area (Å²) in [6.45, 7) is 7.96. The number of rotatable bonds is 27. The molecule has 0 bridgehead atoms. The summed E-state index contributed by atoms with van der Waals surface area (Å²) in [6.07, 6.45) is 6.14. The highest BCUT2D eigenvalue weighted by molar-refractivity contribution is 7.86. The predicted octanol–water partition coefficient (Wildman–Crippen LogP) is 3.42. The van der Waals surface area contributed by atoms with E-state index in [1.807, 2.05) is 26.1 Å². The van der Waals surface area contributed by atoms with Gasteiger partial charge in [-0.05, 0) is 152 Å². The number of aldehydes is 1. The number of aliphatic carboxylic acids is 1. The Bertz CT molecular complexity index is 2010. The number of carboxylic acids is 1. The number of benzene rings is 4. The first-order valence-electron chi connectivity index (χ1n) is 24.8. The van der Waals surface area contributed by atoms with E-state index < -0.39 is 16.1 Å². The summed E-state index contributed by atoms with van der Waals surface area (Å²) in [4.78, 5) is 42.2. The normalized spacial score (nSPS) is 9.28. The van der Waals surface area contributed by atoms with E-state index in [9.17, 15) is 27.6 Å². The number of aliphatic hydroxyl groups excluding tert-OH is 2. The molecule has 0 fully saturated rings. The van der Waals surface area contributed by atoms with Crippen LogP contribution in [0.3, 0.4) is 0 Å². The number of halogens is 2. The summed E-state index contributed by atoms with van der Waals surface area (Å²) >= 11 is 10.3. The number of nitrogens with one attached hydrogen (secondary N) is 3. The number of aryl methyl sites for hydroxylation is 1. The van der Waals surface area contributed by atoms with Crippen LogP contribution in [-0.4, -0.2) is 176 Å². The van der Waals surface area contributed by atoms with Crippen LogP contribution in [0.25, 0.3) is 0 Å². The monoisotopic (exact) mass is 1200 g/mol. The van der Waals surface area contributed by atoms with Gasteiger partial charge in [0.05, 0.1) is 18.6 Å². The molecule has 23 nitrogen and oxygen atoms in total. The number of hydrogen-bond donors (Lipinski definition) is 11. The highest BCUT2D eigenvalue weighted by Gasteiger charge is 2.11. The number of carboxylic acid groups (broad SMARTS) is 1. The smallest absolute Gasteiger partial charge is 0.341 e. The summed E-state index contributed by atoms with van der Waals surface area (Å²) in [5.74, 6) is 0.860. The van der Waals surface area contributed by atoms with Gasteiger partial charge in [0.25, 0.3) is 21.9 Å². The maximum Gasteiger partial charge on any atom is 0.341 e. The predicted molar refractivity (Wildman–Crippen MR) is 319 cm³/mol. The van der Waals surface area contributed by atoms with Crippen LogP contribution in [0.2, 0.25) is 0 Å². The second-order valence-electron chi connectivity index (χ2n) is 14.4. The van der Waals surface area contributed by atoms with Crippen LogP contribution in [0.4, 0.5) is 0 Å². The molecule has 0 aromatic heterocycles. The maximum atomic E-state index is 11.1. The van der Waals surface area contributed by atoms with Crippen molar-refractivity contribution in [1.82, 2.24) is 16.0 Å². The van der Waals surface area contributed by atoms with Crippen molar-refractivity contribution in [3.05, 3.63) is 119 Å². The third kappa shape index (κ3) is 55.8. The zero-order chi connectivity index (χ0) is 62.3. The summed E-state index contributed by atoms with van der Waals surface area (Å²) < 4.78 is 52.1. The van der Waals surface area contributed by atoms with Crippen molar-refractivity contribution < 1.29 is 70.8 Å². The molecule has 0 radical (unpaired) electrons. The van der Waals surface area contributed by atoms with Crippen LogP contribution in [0.15, 0.2) is 102 Å². The largest absolute Gasteiger partial charge is 0.484 e. The molecular formula is C54H94Cl2N8O15S.